The second-order valence-corrected chi connectivity index (χ2v) is 6.87. The zero-order chi connectivity index (χ0) is 14.4. The van der Waals surface area contributed by atoms with E-state index in [1.807, 2.05) is 0 Å². The minimum atomic E-state index is 0.368. The van der Waals surface area contributed by atoms with E-state index in [9.17, 15) is 0 Å². The van der Waals surface area contributed by atoms with Gasteiger partial charge < -0.3 is 9.64 Å². The molecule has 1 saturated heterocycles. The van der Waals surface area contributed by atoms with Gasteiger partial charge in [-0.25, -0.2) is 0 Å². The molecule has 2 heteroatoms. The molecule has 2 aliphatic carbocycles. The van der Waals surface area contributed by atoms with E-state index in [1.165, 1.54) is 31.4 Å². The quantitative estimate of drug-likeness (QED) is 0.770. The fraction of sp³-hybridized carbons (Fsp3) is 0.579. The number of piperidine rings is 1. The number of ether oxygens (including phenoxy) is 1. The van der Waals surface area contributed by atoms with E-state index in [0.717, 1.165) is 18.8 Å². The number of hydrogen-bond donors (Lipinski definition) is 0. The lowest BCUT2D eigenvalue weighted by atomic mass is 9.54. The normalized spacial score (nSPS) is 34.2. The molecule has 1 heterocycles. The first-order valence-corrected chi connectivity index (χ1v) is 8.38. The summed E-state index contributed by atoms with van der Waals surface area (Å²) in [6.45, 7) is 4.07. The second kappa shape index (κ2) is 4.88. The van der Waals surface area contributed by atoms with Crippen LogP contribution < -0.4 is 4.74 Å². The monoisotopic (exact) mass is 283 g/mol. The average molecular weight is 283 g/mol. The number of rotatable bonds is 2. The van der Waals surface area contributed by atoms with Gasteiger partial charge in [-0.15, -0.1) is 0 Å². The SMILES string of the molecule is CCOc1cccc2c1C[C@@H]1[C@@H]3C=CCC[C@]23CCN1C. The summed E-state index contributed by atoms with van der Waals surface area (Å²) < 4.78 is 5.94. The van der Waals surface area contributed by atoms with Crippen molar-refractivity contribution in [3.8, 4) is 5.75 Å². The number of benzene rings is 1. The summed E-state index contributed by atoms with van der Waals surface area (Å²) in [5, 5.41) is 0. The Hall–Kier alpha value is -1.28. The van der Waals surface area contributed by atoms with Crippen LogP contribution in [0.4, 0.5) is 0 Å². The maximum absolute atomic E-state index is 5.94. The Labute approximate surface area is 127 Å². The molecule has 0 unspecified atom stereocenters. The molecular weight excluding hydrogens is 258 g/mol. The molecule has 4 rings (SSSR count). The summed E-state index contributed by atoms with van der Waals surface area (Å²) in [6.07, 6.45) is 9.88. The molecule has 21 heavy (non-hydrogen) atoms. The van der Waals surface area contributed by atoms with Gasteiger partial charge in [0.05, 0.1) is 6.61 Å². The number of fused-ring (bicyclic) bond motifs is 1. The van der Waals surface area contributed by atoms with E-state index in [-0.39, 0.29) is 0 Å². The lowest BCUT2D eigenvalue weighted by Gasteiger charge is -2.57. The third-order valence-electron chi connectivity index (χ3n) is 6.01. The van der Waals surface area contributed by atoms with Crippen LogP contribution in [0.25, 0.3) is 0 Å². The van der Waals surface area contributed by atoms with Crippen molar-refractivity contribution >= 4 is 0 Å². The standard InChI is InChI=1S/C19H25NO/c1-3-21-18-9-6-8-15-14(18)13-17-16-7-4-5-10-19(15,16)11-12-20(17)2/h4,6-9,16-17H,3,5,10-13H2,1-2H3/t16-,17+,19-/m0/s1. The molecule has 1 aromatic rings. The van der Waals surface area contributed by atoms with Gasteiger partial charge in [0.1, 0.15) is 5.75 Å². The molecule has 0 amide bonds. The molecule has 112 valence electrons. The Morgan fingerprint density at radius 1 is 1.33 bits per heavy atom. The van der Waals surface area contributed by atoms with E-state index >= 15 is 0 Å². The third-order valence-corrected chi connectivity index (χ3v) is 6.01. The molecular formula is C19H25NO. The van der Waals surface area contributed by atoms with E-state index in [0.29, 0.717) is 17.4 Å². The van der Waals surface area contributed by atoms with Gasteiger partial charge in [0.25, 0.3) is 0 Å². The van der Waals surface area contributed by atoms with Gasteiger partial charge in [-0.2, -0.15) is 0 Å². The Kier molecular flexibility index (Phi) is 3.11. The van der Waals surface area contributed by atoms with E-state index in [2.05, 4.69) is 49.2 Å². The van der Waals surface area contributed by atoms with Crippen molar-refractivity contribution in [3.63, 3.8) is 0 Å². The van der Waals surface area contributed by atoms with E-state index in [1.54, 1.807) is 5.56 Å². The molecule has 0 saturated carbocycles. The number of hydrogen-bond acceptors (Lipinski definition) is 2. The van der Waals surface area contributed by atoms with Crippen molar-refractivity contribution in [1.29, 1.82) is 0 Å². The largest absolute Gasteiger partial charge is 0.494 e. The molecule has 1 aliphatic heterocycles. The number of allylic oxidation sites excluding steroid dienone is 1. The topological polar surface area (TPSA) is 12.5 Å². The molecule has 2 bridgehead atoms. The molecule has 1 aromatic carbocycles. The average Bonchev–Trinajstić information content (AvgIpc) is 2.52. The number of likely N-dealkylation sites (tertiary alicyclic amines) is 1. The van der Waals surface area contributed by atoms with Crippen LogP contribution in [0.15, 0.2) is 30.4 Å². The van der Waals surface area contributed by atoms with Crippen LogP contribution in [0.2, 0.25) is 0 Å². The Bertz CT molecular complexity index is 579. The second-order valence-electron chi connectivity index (χ2n) is 6.87. The van der Waals surface area contributed by atoms with Gasteiger partial charge in [0, 0.05) is 17.4 Å². The lowest BCUT2D eigenvalue weighted by molar-refractivity contribution is 0.0468. The minimum Gasteiger partial charge on any atom is -0.494 e. The van der Waals surface area contributed by atoms with Gasteiger partial charge >= 0.3 is 0 Å². The van der Waals surface area contributed by atoms with Crippen molar-refractivity contribution in [2.75, 3.05) is 20.2 Å². The van der Waals surface area contributed by atoms with E-state index < -0.39 is 0 Å². The van der Waals surface area contributed by atoms with Gasteiger partial charge in [-0.1, -0.05) is 24.3 Å². The maximum atomic E-state index is 5.94. The van der Waals surface area contributed by atoms with Crippen LogP contribution in [0.1, 0.15) is 37.3 Å². The zero-order valence-electron chi connectivity index (χ0n) is 13.1. The van der Waals surface area contributed by atoms with Crippen molar-refractivity contribution in [2.45, 2.75) is 44.1 Å². The first kappa shape index (κ1) is 13.4. The van der Waals surface area contributed by atoms with E-state index in [4.69, 9.17) is 4.74 Å². The summed E-state index contributed by atoms with van der Waals surface area (Å²) in [5.41, 5.74) is 3.45. The van der Waals surface area contributed by atoms with Crippen LogP contribution >= 0.6 is 0 Å². The highest BCUT2D eigenvalue weighted by molar-refractivity contribution is 5.50. The summed E-state index contributed by atoms with van der Waals surface area (Å²) in [6, 6.07) is 7.38. The van der Waals surface area contributed by atoms with Crippen LogP contribution in [-0.2, 0) is 11.8 Å². The number of likely N-dealkylation sites (N-methyl/N-ethyl adjacent to an activating group) is 1. The van der Waals surface area contributed by atoms with Crippen molar-refractivity contribution in [3.05, 3.63) is 41.5 Å². The first-order valence-electron chi connectivity index (χ1n) is 8.38. The highest BCUT2D eigenvalue weighted by atomic mass is 16.5. The Morgan fingerprint density at radius 3 is 3.10 bits per heavy atom. The molecule has 0 spiro atoms. The highest BCUT2D eigenvalue weighted by Gasteiger charge is 2.52. The van der Waals surface area contributed by atoms with Crippen LogP contribution in [0.3, 0.4) is 0 Å². The molecule has 3 atom stereocenters. The summed E-state index contributed by atoms with van der Waals surface area (Å²) in [7, 11) is 2.30. The third kappa shape index (κ3) is 1.81. The summed E-state index contributed by atoms with van der Waals surface area (Å²) in [4.78, 5) is 2.57. The lowest BCUT2D eigenvalue weighted by Crippen LogP contribution is -2.58. The Morgan fingerprint density at radius 2 is 2.24 bits per heavy atom. The molecule has 0 N–H and O–H groups in total. The summed E-state index contributed by atoms with van der Waals surface area (Å²) in [5.74, 6) is 1.82. The van der Waals surface area contributed by atoms with Crippen molar-refractivity contribution in [1.82, 2.24) is 4.90 Å². The van der Waals surface area contributed by atoms with Gasteiger partial charge in [0.15, 0.2) is 0 Å². The molecule has 0 radical (unpaired) electrons. The van der Waals surface area contributed by atoms with Gasteiger partial charge in [-0.3, -0.25) is 0 Å². The fourth-order valence-electron chi connectivity index (χ4n) is 5.01. The molecule has 2 nitrogen and oxygen atoms in total. The van der Waals surface area contributed by atoms with Crippen LogP contribution in [0.5, 0.6) is 5.75 Å². The summed E-state index contributed by atoms with van der Waals surface area (Å²) >= 11 is 0. The predicted octanol–water partition coefficient (Wildman–Crippen LogP) is 3.55. The minimum absolute atomic E-state index is 0.368. The predicted molar refractivity (Wildman–Crippen MR) is 85.9 cm³/mol. The van der Waals surface area contributed by atoms with Gasteiger partial charge in [0.2, 0.25) is 0 Å². The van der Waals surface area contributed by atoms with Crippen LogP contribution in [-0.4, -0.2) is 31.1 Å². The molecule has 0 aromatic heterocycles. The zero-order valence-corrected chi connectivity index (χ0v) is 13.1. The number of nitrogens with zero attached hydrogens (tertiary/aromatic N) is 1. The van der Waals surface area contributed by atoms with Gasteiger partial charge in [-0.05, 0) is 63.4 Å². The smallest absolute Gasteiger partial charge is 0.122 e. The molecule has 1 fully saturated rings. The highest BCUT2D eigenvalue weighted by Crippen LogP contribution is 2.54. The first-order chi connectivity index (χ1) is 10.3. The van der Waals surface area contributed by atoms with Crippen molar-refractivity contribution < 1.29 is 4.74 Å². The Balaban J connectivity index is 1.90. The maximum Gasteiger partial charge on any atom is 0.122 e. The van der Waals surface area contributed by atoms with Crippen LogP contribution in [0, 0.1) is 5.92 Å². The molecule has 3 aliphatic rings. The van der Waals surface area contributed by atoms with Crippen molar-refractivity contribution in [2.24, 2.45) is 5.92 Å². The fourth-order valence-corrected chi connectivity index (χ4v) is 5.01.